The smallest absolute Gasteiger partial charge is 0.162 e. The number of ether oxygens (including phenoxy) is 3. The van der Waals surface area contributed by atoms with E-state index in [1.54, 1.807) is 0 Å². The molecule has 1 fully saturated rings. The Labute approximate surface area is 124 Å². The van der Waals surface area contributed by atoms with Gasteiger partial charge in [0, 0.05) is 17.7 Å². The van der Waals surface area contributed by atoms with Crippen LogP contribution in [0.3, 0.4) is 0 Å². The van der Waals surface area contributed by atoms with Gasteiger partial charge in [0.15, 0.2) is 11.5 Å². The van der Waals surface area contributed by atoms with Crippen molar-refractivity contribution in [3.05, 3.63) is 22.7 Å². The van der Waals surface area contributed by atoms with Crippen LogP contribution >= 0.6 is 11.6 Å². The summed E-state index contributed by atoms with van der Waals surface area (Å²) >= 11 is 6.42. The molecule has 1 aromatic rings. The summed E-state index contributed by atoms with van der Waals surface area (Å²) in [6.07, 6.45) is 3.55. The summed E-state index contributed by atoms with van der Waals surface area (Å²) in [7, 11) is 1.94. The fraction of sp³-hybridized carbons (Fsp3) is 0.600. The molecular weight excluding hydrogens is 278 g/mol. The normalized spacial score (nSPS) is 23.4. The Hall–Kier alpha value is -0.970. The highest BCUT2D eigenvalue weighted by atomic mass is 35.5. The third-order valence-electron chi connectivity index (χ3n) is 3.89. The number of nitrogens with one attached hydrogen (secondary N) is 1. The van der Waals surface area contributed by atoms with Gasteiger partial charge in [-0.05, 0) is 37.9 Å². The van der Waals surface area contributed by atoms with E-state index in [9.17, 15) is 0 Å². The minimum absolute atomic E-state index is 0.0821. The minimum Gasteiger partial charge on any atom is -0.486 e. The highest BCUT2D eigenvalue weighted by molar-refractivity contribution is 6.31. The van der Waals surface area contributed by atoms with Crippen molar-refractivity contribution in [2.24, 2.45) is 0 Å². The molecule has 4 nitrogen and oxygen atoms in total. The molecule has 0 spiro atoms. The molecule has 0 radical (unpaired) electrons. The molecule has 0 amide bonds. The number of hydrogen-bond donors (Lipinski definition) is 1. The van der Waals surface area contributed by atoms with Crippen molar-refractivity contribution in [3.8, 4) is 11.5 Å². The van der Waals surface area contributed by atoms with Crippen molar-refractivity contribution in [3.63, 3.8) is 0 Å². The van der Waals surface area contributed by atoms with Crippen LogP contribution in [-0.4, -0.2) is 33.0 Å². The summed E-state index contributed by atoms with van der Waals surface area (Å²) in [5.41, 5.74) is 1.02. The number of hydrogen-bond acceptors (Lipinski definition) is 4. The summed E-state index contributed by atoms with van der Waals surface area (Å²) in [4.78, 5) is 0. The molecule has 2 aliphatic rings. The molecule has 0 aromatic heterocycles. The van der Waals surface area contributed by atoms with Gasteiger partial charge in [-0.25, -0.2) is 0 Å². The lowest BCUT2D eigenvalue weighted by atomic mass is 9.95. The largest absolute Gasteiger partial charge is 0.486 e. The van der Waals surface area contributed by atoms with E-state index in [-0.39, 0.29) is 12.1 Å². The number of fused-ring (bicyclic) bond motifs is 1. The molecule has 3 rings (SSSR count). The zero-order valence-corrected chi connectivity index (χ0v) is 12.4. The zero-order chi connectivity index (χ0) is 13.9. The van der Waals surface area contributed by atoms with Crippen molar-refractivity contribution < 1.29 is 14.2 Å². The molecule has 20 heavy (non-hydrogen) atoms. The second-order valence-electron chi connectivity index (χ2n) is 5.19. The molecule has 2 heterocycles. The first-order valence-corrected chi connectivity index (χ1v) is 7.55. The summed E-state index contributed by atoms with van der Waals surface area (Å²) in [5, 5.41) is 4.03. The molecule has 0 saturated carbocycles. The molecule has 2 unspecified atom stereocenters. The zero-order valence-electron chi connectivity index (χ0n) is 11.7. The van der Waals surface area contributed by atoms with Gasteiger partial charge in [-0.3, -0.25) is 0 Å². The summed E-state index contributed by atoms with van der Waals surface area (Å²) in [5.74, 6) is 1.50. The van der Waals surface area contributed by atoms with Crippen LogP contribution in [0.2, 0.25) is 5.02 Å². The van der Waals surface area contributed by atoms with Crippen LogP contribution in [0.4, 0.5) is 0 Å². The molecule has 5 heteroatoms. The lowest BCUT2D eigenvalue weighted by molar-refractivity contribution is -0.00668. The summed E-state index contributed by atoms with van der Waals surface area (Å²) in [6.45, 7) is 1.98. The van der Waals surface area contributed by atoms with Crippen LogP contribution in [0.1, 0.15) is 30.9 Å². The second-order valence-corrected chi connectivity index (χ2v) is 5.60. The van der Waals surface area contributed by atoms with Crippen LogP contribution < -0.4 is 14.8 Å². The molecule has 1 aromatic carbocycles. The van der Waals surface area contributed by atoms with Crippen LogP contribution in [-0.2, 0) is 4.74 Å². The number of benzene rings is 1. The predicted molar refractivity (Wildman–Crippen MR) is 77.8 cm³/mol. The lowest BCUT2D eigenvalue weighted by Gasteiger charge is -2.32. The number of rotatable bonds is 3. The first kappa shape index (κ1) is 14.0. The molecule has 110 valence electrons. The van der Waals surface area contributed by atoms with Gasteiger partial charge in [-0.2, -0.15) is 0 Å². The maximum Gasteiger partial charge on any atom is 0.162 e. The number of likely N-dealkylation sites (N-methyl/N-ethyl adjacent to an activating group) is 1. The summed E-state index contributed by atoms with van der Waals surface area (Å²) < 4.78 is 17.1. The SMILES string of the molecule is CNC(c1cc2c(cc1Cl)OCCO2)C1CCCCO1. The van der Waals surface area contributed by atoms with E-state index in [1.807, 2.05) is 19.2 Å². The first-order valence-electron chi connectivity index (χ1n) is 7.17. The fourth-order valence-corrected chi connectivity index (χ4v) is 3.16. The van der Waals surface area contributed by atoms with E-state index < -0.39 is 0 Å². The topological polar surface area (TPSA) is 39.7 Å². The maximum absolute atomic E-state index is 6.42. The van der Waals surface area contributed by atoms with E-state index in [1.165, 1.54) is 6.42 Å². The van der Waals surface area contributed by atoms with Gasteiger partial charge in [-0.15, -0.1) is 0 Å². The van der Waals surface area contributed by atoms with Gasteiger partial charge in [-0.1, -0.05) is 11.6 Å². The van der Waals surface area contributed by atoms with Gasteiger partial charge >= 0.3 is 0 Å². The van der Waals surface area contributed by atoms with Crippen LogP contribution in [0.15, 0.2) is 12.1 Å². The monoisotopic (exact) mass is 297 g/mol. The molecule has 0 aliphatic carbocycles. The van der Waals surface area contributed by atoms with Crippen molar-refractivity contribution in [2.75, 3.05) is 26.9 Å². The number of halogens is 1. The molecule has 0 bridgehead atoms. The van der Waals surface area contributed by atoms with E-state index in [2.05, 4.69) is 5.32 Å². The minimum atomic E-state index is 0.0821. The Kier molecular flexibility index (Phi) is 4.34. The lowest BCUT2D eigenvalue weighted by Crippen LogP contribution is -2.34. The van der Waals surface area contributed by atoms with Gasteiger partial charge in [0.05, 0.1) is 12.1 Å². The van der Waals surface area contributed by atoms with E-state index in [0.717, 1.165) is 36.5 Å². The van der Waals surface area contributed by atoms with Crippen LogP contribution in [0, 0.1) is 0 Å². The van der Waals surface area contributed by atoms with Crippen molar-refractivity contribution in [1.29, 1.82) is 0 Å². The molecular formula is C15H20ClNO3. The average molecular weight is 298 g/mol. The van der Waals surface area contributed by atoms with E-state index in [0.29, 0.717) is 18.2 Å². The average Bonchev–Trinajstić information content (AvgIpc) is 2.49. The molecule has 2 atom stereocenters. The maximum atomic E-state index is 6.42. The van der Waals surface area contributed by atoms with Gasteiger partial charge in [0.2, 0.25) is 0 Å². The van der Waals surface area contributed by atoms with Gasteiger partial charge in [0.25, 0.3) is 0 Å². The Morgan fingerprint density at radius 3 is 2.55 bits per heavy atom. The quantitative estimate of drug-likeness (QED) is 0.931. The molecule has 1 saturated heterocycles. The summed E-state index contributed by atoms with van der Waals surface area (Å²) in [6, 6.07) is 3.91. The predicted octanol–water partition coefficient (Wildman–Crippen LogP) is 2.94. The van der Waals surface area contributed by atoms with E-state index in [4.69, 9.17) is 25.8 Å². The molecule has 1 N–H and O–H groups in total. The Bertz CT molecular complexity index is 474. The van der Waals surface area contributed by atoms with Gasteiger partial charge < -0.3 is 19.5 Å². The van der Waals surface area contributed by atoms with E-state index >= 15 is 0 Å². The standard InChI is InChI=1S/C15H20ClNO3/c1-17-15(12-4-2-3-5-18-12)10-8-13-14(9-11(10)16)20-7-6-19-13/h8-9,12,15,17H,2-7H2,1H3. The molecule has 2 aliphatic heterocycles. The van der Waals surface area contributed by atoms with Crippen LogP contribution in [0.5, 0.6) is 11.5 Å². The Balaban J connectivity index is 1.90. The third-order valence-corrected chi connectivity index (χ3v) is 4.22. The highest BCUT2D eigenvalue weighted by Crippen LogP contribution is 2.39. The van der Waals surface area contributed by atoms with Crippen LogP contribution in [0.25, 0.3) is 0 Å². The third kappa shape index (κ3) is 2.73. The highest BCUT2D eigenvalue weighted by Gasteiger charge is 2.28. The van der Waals surface area contributed by atoms with Gasteiger partial charge in [0.1, 0.15) is 13.2 Å². The van der Waals surface area contributed by atoms with Crippen molar-refractivity contribution >= 4 is 11.6 Å². The van der Waals surface area contributed by atoms with Crippen molar-refractivity contribution in [2.45, 2.75) is 31.4 Å². The Morgan fingerprint density at radius 2 is 1.90 bits per heavy atom. The second kappa shape index (κ2) is 6.20. The first-order chi connectivity index (χ1) is 9.79. The van der Waals surface area contributed by atoms with Crippen molar-refractivity contribution in [1.82, 2.24) is 5.32 Å². The Morgan fingerprint density at radius 1 is 1.15 bits per heavy atom. The fourth-order valence-electron chi connectivity index (χ4n) is 2.89.